The van der Waals surface area contributed by atoms with Crippen LogP contribution in [0.3, 0.4) is 0 Å². The highest BCUT2D eigenvalue weighted by atomic mass is 16.4. The summed E-state index contributed by atoms with van der Waals surface area (Å²) in [6, 6.07) is 1.01. The molecule has 3 atom stereocenters. The Morgan fingerprint density at radius 1 is 1.24 bits per heavy atom. The van der Waals surface area contributed by atoms with Gasteiger partial charge in [0.1, 0.15) is 0 Å². The van der Waals surface area contributed by atoms with Gasteiger partial charge in [0.25, 0.3) is 0 Å². The number of hydrogen-bond donors (Lipinski definition) is 2. The van der Waals surface area contributed by atoms with Crippen LogP contribution in [0.25, 0.3) is 0 Å². The molecule has 0 saturated heterocycles. The minimum atomic E-state index is -0.609. The molecule has 3 unspecified atom stereocenters. The van der Waals surface area contributed by atoms with E-state index in [2.05, 4.69) is 19.2 Å². The lowest BCUT2D eigenvalue weighted by atomic mass is 9.82. The first-order valence-electron chi connectivity index (χ1n) is 6.98. The van der Waals surface area contributed by atoms with Gasteiger partial charge in [0.15, 0.2) is 0 Å². The minimum absolute atomic E-state index is 0.120. The van der Waals surface area contributed by atoms with Crippen molar-refractivity contribution in [2.45, 2.75) is 70.9 Å². The molecule has 0 aromatic rings. The highest BCUT2D eigenvalue weighted by molar-refractivity contribution is 5.70. The zero-order valence-electron chi connectivity index (χ0n) is 11.0. The smallest absolute Gasteiger partial charge is 0.306 e. The summed E-state index contributed by atoms with van der Waals surface area (Å²) in [7, 11) is 0. The van der Waals surface area contributed by atoms with Crippen molar-refractivity contribution in [2.75, 3.05) is 0 Å². The Hall–Kier alpha value is -0.570. The van der Waals surface area contributed by atoms with Gasteiger partial charge in [-0.1, -0.05) is 26.7 Å². The van der Waals surface area contributed by atoms with Gasteiger partial charge in [0, 0.05) is 12.1 Å². The van der Waals surface area contributed by atoms with Gasteiger partial charge in [-0.05, 0) is 37.5 Å². The molecule has 98 valence electrons. The summed E-state index contributed by atoms with van der Waals surface area (Å²) in [5.41, 5.74) is 0.385. The summed E-state index contributed by atoms with van der Waals surface area (Å²) >= 11 is 0. The van der Waals surface area contributed by atoms with Crippen LogP contribution in [0.4, 0.5) is 0 Å². The van der Waals surface area contributed by atoms with Gasteiger partial charge in [0.2, 0.25) is 0 Å². The Morgan fingerprint density at radius 3 is 2.59 bits per heavy atom. The zero-order valence-corrected chi connectivity index (χ0v) is 11.0. The van der Waals surface area contributed by atoms with E-state index in [9.17, 15) is 4.79 Å². The van der Waals surface area contributed by atoms with E-state index in [1.807, 2.05) is 0 Å². The van der Waals surface area contributed by atoms with Crippen molar-refractivity contribution in [3.05, 3.63) is 0 Å². The maximum Gasteiger partial charge on any atom is 0.306 e. The average Bonchev–Trinajstić information content (AvgIpc) is 2.59. The van der Waals surface area contributed by atoms with Gasteiger partial charge in [-0.3, -0.25) is 4.79 Å². The monoisotopic (exact) mass is 239 g/mol. The SMILES string of the molecule is CC1(C)CCCC1NC1CCCC(C(=O)O)C1. The highest BCUT2D eigenvalue weighted by Crippen LogP contribution is 2.38. The maximum absolute atomic E-state index is 11.0. The molecule has 2 aliphatic rings. The van der Waals surface area contributed by atoms with Crippen LogP contribution >= 0.6 is 0 Å². The van der Waals surface area contributed by atoms with Crippen molar-refractivity contribution in [1.82, 2.24) is 5.32 Å². The van der Waals surface area contributed by atoms with Crippen molar-refractivity contribution >= 4 is 5.97 Å². The molecule has 3 nitrogen and oxygen atoms in total. The summed E-state index contributed by atoms with van der Waals surface area (Å²) in [6.07, 6.45) is 7.74. The Morgan fingerprint density at radius 2 is 2.00 bits per heavy atom. The van der Waals surface area contributed by atoms with Crippen LogP contribution in [0.2, 0.25) is 0 Å². The third-order valence-corrected chi connectivity index (χ3v) is 4.72. The predicted octanol–water partition coefficient (Wildman–Crippen LogP) is 2.80. The standard InChI is InChI=1S/C14H25NO2/c1-14(2)8-4-7-12(14)15-11-6-3-5-10(9-11)13(16)17/h10-12,15H,3-9H2,1-2H3,(H,16,17). The van der Waals surface area contributed by atoms with Crippen molar-refractivity contribution in [1.29, 1.82) is 0 Å². The van der Waals surface area contributed by atoms with Crippen LogP contribution in [0.5, 0.6) is 0 Å². The molecule has 0 radical (unpaired) electrons. The van der Waals surface area contributed by atoms with Gasteiger partial charge in [0.05, 0.1) is 5.92 Å². The second-order valence-electron chi connectivity index (χ2n) is 6.50. The van der Waals surface area contributed by atoms with E-state index in [0.29, 0.717) is 17.5 Å². The number of nitrogens with one attached hydrogen (secondary N) is 1. The van der Waals surface area contributed by atoms with Crippen molar-refractivity contribution < 1.29 is 9.90 Å². The fourth-order valence-electron chi connectivity index (χ4n) is 3.49. The second kappa shape index (κ2) is 4.97. The number of carboxylic acids is 1. The molecule has 0 spiro atoms. The molecule has 0 heterocycles. The second-order valence-corrected chi connectivity index (χ2v) is 6.50. The molecule has 0 aromatic heterocycles. The van der Waals surface area contributed by atoms with E-state index in [4.69, 9.17) is 5.11 Å². The first kappa shape index (κ1) is 12.9. The molecule has 0 aliphatic heterocycles. The van der Waals surface area contributed by atoms with Crippen LogP contribution in [-0.4, -0.2) is 23.2 Å². The molecular weight excluding hydrogens is 214 g/mol. The van der Waals surface area contributed by atoms with Crippen LogP contribution in [0.1, 0.15) is 58.8 Å². The van der Waals surface area contributed by atoms with Crippen molar-refractivity contribution in [2.24, 2.45) is 11.3 Å². The van der Waals surface area contributed by atoms with Gasteiger partial charge in [-0.15, -0.1) is 0 Å². The molecule has 17 heavy (non-hydrogen) atoms. The maximum atomic E-state index is 11.0. The van der Waals surface area contributed by atoms with Crippen molar-refractivity contribution in [3.8, 4) is 0 Å². The lowest BCUT2D eigenvalue weighted by Crippen LogP contribution is -2.46. The van der Waals surface area contributed by atoms with Gasteiger partial charge in [-0.2, -0.15) is 0 Å². The molecule has 2 aliphatic carbocycles. The zero-order chi connectivity index (χ0) is 12.5. The third kappa shape index (κ3) is 3.01. The van der Waals surface area contributed by atoms with Crippen LogP contribution < -0.4 is 5.32 Å². The van der Waals surface area contributed by atoms with Gasteiger partial charge in [-0.25, -0.2) is 0 Å². The Kier molecular flexibility index (Phi) is 3.76. The Labute approximate surface area is 104 Å². The molecule has 0 amide bonds. The average molecular weight is 239 g/mol. The molecule has 2 fully saturated rings. The Bertz CT molecular complexity index is 288. The van der Waals surface area contributed by atoms with E-state index >= 15 is 0 Å². The number of rotatable bonds is 3. The first-order valence-corrected chi connectivity index (χ1v) is 6.98. The van der Waals surface area contributed by atoms with Crippen molar-refractivity contribution in [3.63, 3.8) is 0 Å². The van der Waals surface area contributed by atoms with Crippen LogP contribution in [0, 0.1) is 11.3 Å². The molecule has 3 heteroatoms. The summed E-state index contributed by atoms with van der Waals surface area (Å²) in [4.78, 5) is 11.0. The van der Waals surface area contributed by atoms with E-state index in [-0.39, 0.29) is 5.92 Å². The summed E-state index contributed by atoms with van der Waals surface area (Å²) in [6.45, 7) is 4.66. The number of carbonyl (C=O) groups is 1. The van der Waals surface area contributed by atoms with Crippen LogP contribution in [-0.2, 0) is 4.79 Å². The lowest BCUT2D eigenvalue weighted by Gasteiger charge is -2.35. The normalized spacial score (nSPS) is 36.9. The van der Waals surface area contributed by atoms with Gasteiger partial charge >= 0.3 is 5.97 Å². The predicted molar refractivity (Wildman–Crippen MR) is 67.9 cm³/mol. The number of aliphatic carboxylic acids is 1. The lowest BCUT2D eigenvalue weighted by molar-refractivity contribution is -0.143. The number of hydrogen-bond acceptors (Lipinski definition) is 2. The van der Waals surface area contributed by atoms with E-state index in [1.165, 1.54) is 19.3 Å². The minimum Gasteiger partial charge on any atom is -0.481 e. The van der Waals surface area contributed by atoms with Crippen LogP contribution in [0.15, 0.2) is 0 Å². The Balaban J connectivity index is 1.88. The fraction of sp³-hybridized carbons (Fsp3) is 0.929. The fourth-order valence-corrected chi connectivity index (χ4v) is 3.49. The van der Waals surface area contributed by atoms with E-state index < -0.39 is 5.97 Å². The summed E-state index contributed by atoms with van der Waals surface area (Å²) in [5.74, 6) is -0.729. The third-order valence-electron chi connectivity index (χ3n) is 4.72. The summed E-state index contributed by atoms with van der Waals surface area (Å²) < 4.78 is 0. The van der Waals surface area contributed by atoms with Gasteiger partial charge < -0.3 is 10.4 Å². The topological polar surface area (TPSA) is 49.3 Å². The molecular formula is C14H25NO2. The molecule has 0 bridgehead atoms. The first-order chi connectivity index (χ1) is 7.99. The van der Waals surface area contributed by atoms with E-state index in [1.54, 1.807) is 0 Å². The quantitative estimate of drug-likeness (QED) is 0.796. The molecule has 0 aromatic carbocycles. The molecule has 2 N–H and O–H groups in total. The molecule has 2 rings (SSSR count). The molecule has 2 saturated carbocycles. The number of carboxylic acid groups (broad SMARTS) is 1. The van der Waals surface area contributed by atoms with E-state index in [0.717, 1.165) is 25.7 Å². The largest absolute Gasteiger partial charge is 0.481 e. The summed E-state index contributed by atoms with van der Waals surface area (Å²) in [5, 5.41) is 12.8. The highest BCUT2D eigenvalue weighted by Gasteiger charge is 2.37.